The fourth-order valence-electron chi connectivity index (χ4n) is 1.88. The van der Waals surface area contributed by atoms with E-state index >= 15 is 0 Å². The smallest absolute Gasteiger partial charge is 0.274 e. The molecule has 4 nitrogen and oxygen atoms in total. The average Bonchev–Trinajstić information content (AvgIpc) is 2.33. The molecule has 0 aromatic heterocycles. The van der Waals surface area contributed by atoms with Crippen molar-refractivity contribution >= 4 is 5.91 Å². The lowest BCUT2D eigenvalue weighted by Crippen LogP contribution is -2.42. The van der Waals surface area contributed by atoms with E-state index in [0.717, 1.165) is 28.9 Å². The predicted molar refractivity (Wildman–Crippen MR) is 72.3 cm³/mol. The molecule has 3 N–H and O–H groups in total. The second-order valence-electron chi connectivity index (χ2n) is 4.61. The number of carbonyl (C=O) groups is 1. The summed E-state index contributed by atoms with van der Waals surface area (Å²) in [5, 5.41) is 0. The molecule has 0 fully saturated rings. The molecule has 0 spiro atoms. The third kappa shape index (κ3) is 3.47. The third-order valence-electron chi connectivity index (χ3n) is 3.02. The molecule has 0 aliphatic rings. The first-order valence-corrected chi connectivity index (χ1v) is 6.24. The van der Waals surface area contributed by atoms with Crippen molar-refractivity contribution in [2.24, 2.45) is 5.84 Å². The zero-order valence-electron chi connectivity index (χ0n) is 11.5. The van der Waals surface area contributed by atoms with Crippen LogP contribution in [0.3, 0.4) is 0 Å². The van der Waals surface area contributed by atoms with Crippen molar-refractivity contribution in [1.29, 1.82) is 0 Å². The molecule has 0 aliphatic carbocycles. The van der Waals surface area contributed by atoms with Crippen molar-refractivity contribution in [2.75, 3.05) is 0 Å². The Morgan fingerprint density at radius 3 is 2.61 bits per heavy atom. The van der Waals surface area contributed by atoms with Crippen LogP contribution in [0.1, 0.15) is 36.5 Å². The summed E-state index contributed by atoms with van der Waals surface area (Å²) >= 11 is 0. The lowest BCUT2D eigenvalue weighted by molar-refractivity contribution is -0.128. The van der Waals surface area contributed by atoms with Crippen LogP contribution in [-0.2, 0) is 4.79 Å². The van der Waals surface area contributed by atoms with E-state index in [0.29, 0.717) is 6.42 Å². The van der Waals surface area contributed by atoms with E-state index < -0.39 is 6.10 Å². The molecule has 1 rings (SSSR count). The summed E-state index contributed by atoms with van der Waals surface area (Å²) in [6.07, 6.45) is 0.983. The standard InChI is InChI=1S/C14H22N2O2/c1-5-6-12(14(17)16-15)18-13-8-9(2)7-10(3)11(13)4/h7-8,12H,5-6,15H2,1-4H3,(H,16,17). The molecule has 1 aromatic carbocycles. The summed E-state index contributed by atoms with van der Waals surface area (Å²) in [5.74, 6) is 5.65. The van der Waals surface area contributed by atoms with Gasteiger partial charge in [-0.25, -0.2) is 5.84 Å². The van der Waals surface area contributed by atoms with Gasteiger partial charge in [0, 0.05) is 0 Å². The molecule has 4 heteroatoms. The number of rotatable bonds is 5. The van der Waals surface area contributed by atoms with Crippen LogP contribution in [-0.4, -0.2) is 12.0 Å². The Kier molecular flexibility index (Phi) is 5.16. The zero-order chi connectivity index (χ0) is 13.7. The van der Waals surface area contributed by atoms with Crippen LogP contribution in [0.25, 0.3) is 0 Å². The molecule has 100 valence electrons. The van der Waals surface area contributed by atoms with Crippen LogP contribution < -0.4 is 16.0 Å². The van der Waals surface area contributed by atoms with E-state index in [4.69, 9.17) is 10.6 Å². The number of hydrogen-bond donors (Lipinski definition) is 2. The van der Waals surface area contributed by atoms with Gasteiger partial charge in [0.2, 0.25) is 0 Å². The highest BCUT2D eigenvalue weighted by atomic mass is 16.5. The second-order valence-corrected chi connectivity index (χ2v) is 4.61. The molecule has 18 heavy (non-hydrogen) atoms. The van der Waals surface area contributed by atoms with Gasteiger partial charge in [-0.05, 0) is 49.9 Å². The van der Waals surface area contributed by atoms with Gasteiger partial charge in [-0.1, -0.05) is 19.4 Å². The van der Waals surface area contributed by atoms with Crippen molar-refractivity contribution < 1.29 is 9.53 Å². The third-order valence-corrected chi connectivity index (χ3v) is 3.02. The van der Waals surface area contributed by atoms with E-state index in [9.17, 15) is 4.79 Å². The SMILES string of the molecule is CCCC(Oc1cc(C)cc(C)c1C)C(=O)NN. The van der Waals surface area contributed by atoms with Gasteiger partial charge < -0.3 is 4.74 Å². The van der Waals surface area contributed by atoms with Gasteiger partial charge in [-0.15, -0.1) is 0 Å². The Hall–Kier alpha value is -1.55. The van der Waals surface area contributed by atoms with Crippen LogP contribution in [0.4, 0.5) is 0 Å². The van der Waals surface area contributed by atoms with Gasteiger partial charge >= 0.3 is 0 Å². The van der Waals surface area contributed by atoms with Gasteiger partial charge in [0.15, 0.2) is 6.10 Å². The van der Waals surface area contributed by atoms with Crippen molar-refractivity contribution in [3.8, 4) is 5.75 Å². The van der Waals surface area contributed by atoms with Gasteiger partial charge in [0.05, 0.1) is 0 Å². The largest absolute Gasteiger partial charge is 0.480 e. The van der Waals surface area contributed by atoms with E-state index in [1.54, 1.807) is 0 Å². The Morgan fingerprint density at radius 1 is 1.39 bits per heavy atom. The highest BCUT2D eigenvalue weighted by molar-refractivity contribution is 5.80. The summed E-state index contributed by atoms with van der Waals surface area (Å²) in [7, 11) is 0. The summed E-state index contributed by atoms with van der Waals surface area (Å²) < 4.78 is 5.81. The van der Waals surface area contributed by atoms with Crippen molar-refractivity contribution in [2.45, 2.75) is 46.6 Å². The van der Waals surface area contributed by atoms with Crippen molar-refractivity contribution in [3.63, 3.8) is 0 Å². The molecule has 1 atom stereocenters. The second kappa shape index (κ2) is 6.40. The Balaban J connectivity index is 2.96. The Morgan fingerprint density at radius 2 is 2.06 bits per heavy atom. The number of hydrazine groups is 1. The quantitative estimate of drug-likeness (QED) is 0.478. The zero-order valence-corrected chi connectivity index (χ0v) is 11.5. The summed E-state index contributed by atoms with van der Waals surface area (Å²) in [5.41, 5.74) is 5.50. The number of nitrogens with two attached hydrogens (primary N) is 1. The number of hydrogen-bond acceptors (Lipinski definition) is 3. The lowest BCUT2D eigenvalue weighted by atomic mass is 10.1. The topological polar surface area (TPSA) is 64.3 Å². The van der Waals surface area contributed by atoms with Crippen molar-refractivity contribution in [1.82, 2.24) is 5.43 Å². The highest BCUT2D eigenvalue weighted by Gasteiger charge is 2.19. The van der Waals surface area contributed by atoms with Crippen LogP contribution in [0, 0.1) is 20.8 Å². The number of carbonyl (C=O) groups excluding carboxylic acids is 1. The van der Waals surface area contributed by atoms with Gasteiger partial charge in [0.25, 0.3) is 5.91 Å². The highest BCUT2D eigenvalue weighted by Crippen LogP contribution is 2.25. The van der Waals surface area contributed by atoms with Gasteiger partial charge in [0.1, 0.15) is 5.75 Å². The lowest BCUT2D eigenvalue weighted by Gasteiger charge is -2.19. The fraction of sp³-hybridized carbons (Fsp3) is 0.500. The number of nitrogens with one attached hydrogen (secondary N) is 1. The van der Waals surface area contributed by atoms with Gasteiger partial charge in [-0.2, -0.15) is 0 Å². The number of benzene rings is 1. The number of amides is 1. The van der Waals surface area contributed by atoms with E-state index in [2.05, 4.69) is 11.5 Å². The first-order valence-electron chi connectivity index (χ1n) is 6.24. The van der Waals surface area contributed by atoms with E-state index in [1.807, 2.05) is 33.8 Å². The molecule has 1 amide bonds. The molecule has 0 aliphatic heterocycles. The summed E-state index contributed by atoms with van der Waals surface area (Å²) in [4.78, 5) is 11.6. The number of aryl methyl sites for hydroxylation is 2. The molecule has 1 unspecified atom stereocenters. The summed E-state index contributed by atoms with van der Waals surface area (Å²) in [6.45, 7) is 8.05. The molecular formula is C14H22N2O2. The van der Waals surface area contributed by atoms with Crippen LogP contribution in [0.2, 0.25) is 0 Å². The molecule has 0 heterocycles. The van der Waals surface area contributed by atoms with Crippen LogP contribution in [0.15, 0.2) is 12.1 Å². The predicted octanol–water partition coefficient (Wildman–Crippen LogP) is 2.15. The minimum absolute atomic E-state index is 0.282. The Labute approximate surface area is 108 Å². The fourth-order valence-corrected chi connectivity index (χ4v) is 1.88. The summed E-state index contributed by atoms with van der Waals surface area (Å²) in [6, 6.07) is 4.05. The monoisotopic (exact) mass is 250 g/mol. The minimum atomic E-state index is -0.528. The molecule has 1 aromatic rings. The van der Waals surface area contributed by atoms with Crippen molar-refractivity contribution in [3.05, 3.63) is 28.8 Å². The maximum atomic E-state index is 11.6. The van der Waals surface area contributed by atoms with Gasteiger partial charge in [-0.3, -0.25) is 10.2 Å². The minimum Gasteiger partial charge on any atom is -0.480 e. The van der Waals surface area contributed by atoms with Crippen LogP contribution >= 0.6 is 0 Å². The molecular weight excluding hydrogens is 228 g/mol. The van der Waals surface area contributed by atoms with Crippen LogP contribution in [0.5, 0.6) is 5.75 Å². The average molecular weight is 250 g/mol. The molecule has 0 bridgehead atoms. The number of ether oxygens (including phenoxy) is 1. The normalized spacial score (nSPS) is 12.1. The molecule has 0 saturated carbocycles. The Bertz CT molecular complexity index is 430. The molecule has 0 radical (unpaired) electrons. The first kappa shape index (κ1) is 14.5. The first-order chi connectivity index (χ1) is 8.49. The van der Waals surface area contributed by atoms with E-state index in [1.165, 1.54) is 0 Å². The maximum absolute atomic E-state index is 11.6. The van der Waals surface area contributed by atoms with E-state index in [-0.39, 0.29) is 5.91 Å². The molecule has 0 saturated heterocycles. The maximum Gasteiger partial charge on any atom is 0.274 e.